The molecular weight excluding hydrogens is 272 g/mol. The van der Waals surface area contributed by atoms with E-state index < -0.39 is 0 Å². The number of carbonyl (C=O) groups is 1. The van der Waals surface area contributed by atoms with E-state index in [4.69, 9.17) is 4.74 Å². The summed E-state index contributed by atoms with van der Waals surface area (Å²) in [6.07, 6.45) is 1.10. The largest absolute Gasteiger partial charge is 0.378 e. The molecule has 2 unspecified atom stereocenters. The van der Waals surface area contributed by atoms with Crippen molar-refractivity contribution in [3.63, 3.8) is 0 Å². The summed E-state index contributed by atoms with van der Waals surface area (Å²) >= 11 is 1.94. The molecule has 108 valence electrons. The number of benzene rings is 1. The predicted octanol–water partition coefficient (Wildman–Crippen LogP) is 1.15. The summed E-state index contributed by atoms with van der Waals surface area (Å²) in [4.78, 5) is 15.6. The molecule has 1 fully saturated rings. The molecule has 3 rings (SSSR count). The Hall–Kier alpha value is -1.04. The first-order chi connectivity index (χ1) is 9.78. The number of thioether (sulfide) groups is 1. The Kier molecular flexibility index (Phi) is 4.29. The zero-order chi connectivity index (χ0) is 13.9. The van der Waals surface area contributed by atoms with Crippen LogP contribution in [0.4, 0.5) is 0 Å². The van der Waals surface area contributed by atoms with Gasteiger partial charge in [-0.3, -0.25) is 9.69 Å². The van der Waals surface area contributed by atoms with Gasteiger partial charge in [-0.05, 0) is 18.1 Å². The zero-order valence-corrected chi connectivity index (χ0v) is 12.5. The van der Waals surface area contributed by atoms with Gasteiger partial charge in [-0.15, -0.1) is 11.8 Å². The van der Waals surface area contributed by atoms with Gasteiger partial charge >= 0.3 is 0 Å². The zero-order valence-electron chi connectivity index (χ0n) is 11.7. The first-order valence-electron chi connectivity index (χ1n) is 7.06. The van der Waals surface area contributed by atoms with Crippen LogP contribution in [0.2, 0.25) is 0 Å². The van der Waals surface area contributed by atoms with Gasteiger partial charge in [0.15, 0.2) is 0 Å². The number of morpholine rings is 1. The van der Waals surface area contributed by atoms with Gasteiger partial charge < -0.3 is 10.1 Å². The summed E-state index contributed by atoms with van der Waals surface area (Å²) in [5.74, 6) is 0.0604. The smallest absolute Gasteiger partial charge is 0.239 e. The number of likely N-dealkylation sites (N-methyl/N-ethyl adjacent to an activating group) is 1. The predicted molar refractivity (Wildman–Crippen MR) is 80.0 cm³/mol. The lowest BCUT2D eigenvalue weighted by atomic mass is 10.1. The second-order valence-corrected chi connectivity index (χ2v) is 6.59. The maximum Gasteiger partial charge on any atom is 0.239 e. The van der Waals surface area contributed by atoms with Crippen LogP contribution in [0.1, 0.15) is 5.56 Å². The van der Waals surface area contributed by atoms with Gasteiger partial charge in [-0.2, -0.15) is 0 Å². The van der Waals surface area contributed by atoms with Crippen LogP contribution in [0.5, 0.6) is 0 Å². The van der Waals surface area contributed by atoms with Gasteiger partial charge in [0.05, 0.1) is 13.2 Å². The van der Waals surface area contributed by atoms with Gasteiger partial charge in [0, 0.05) is 30.3 Å². The Labute approximate surface area is 123 Å². The van der Waals surface area contributed by atoms with Crippen molar-refractivity contribution in [3.8, 4) is 0 Å². The van der Waals surface area contributed by atoms with Crippen molar-refractivity contribution in [2.45, 2.75) is 22.6 Å². The minimum absolute atomic E-state index is 0.0604. The minimum Gasteiger partial charge on any atom is -0.378 e. The summed E-state index contributed by atoms with van der Waals surface area (Å²) in [6.45, 7) is 3.01. The highest BCUT2D eigenvalue weighted by molar-refractivity contribution is 8.00. The number of hydrogen-bond acceptors (Lipinski definition) is 4. The fourth-order valence-corrected chi connectivity index (χ4v) is 4.23. The highest BCUT2D eigenvalue weighted by atomic mass is 32.2. The Morgan fingerprint density at radius 1 is 1.50 bits per heavy atom. The molecule has 1 N–H and O–H groups in total. The highest BCUT2D eigenvalue weighted by Gasteiger charge is 2.32. The first kappa shape index (κ1) is 13.9. The molecular formula is C15H20N2O2S. The topological polar surface area (TPSA) is 41.6 Å². The molecule has 0 radical (unpaired) electrons. The van der Waals surface area contributed by atoms with Crippen LogP contribution in [0.25, 0.3) is 0 Å². The van der Waals surface area contributed by atoms with E-state index in [1.165, 1.54) is 10.5 Å². The molecule has 5 heteroatoms. The maximum absolute atomic E-state index is 11.9. The van der Waals surface area contributed by atoms with Gasteiger partial charge in [0.1, 0.15) is 6.04 Å². The van der Waals surface area contributed by atoms with E-state index in [0.29, 0.717) is 11.9 Å². The van der Waals surface area contributed by atoms with Crippen molar-refractivity contribution in [1.29, 1.82) is 0 Å². The van der Waals surface area contributed by atoms with E-state index in [1.807, 2.05) is 11.8 Å². The van der Waals surface area contributed by atoms with Crippen molar-refractivity contribution >= 4 is 17.7 Å². The normalized spacial score (nSPS) is 26.2. The molecule has 1 aromatic rings. The molecule has 1 aromatic carbocycles. The first-order valence-corrected chi connectivity index (χ1v) is 7.94. The highest BCUT2D eigenvalue weighted by Crippen LogP contribution is 2.37. The van der Waals surface area contributed by atoms with Crippen LogP contribution >= 0.6 is 11.8 Å². The van der Waals surface area contributed by atoms with E-state index in [0.717, 1.165) is 26.1 Å². The molecule has 0 spiro atoms. The number of nitrogens with zero attached hydrogens (tertiary/aromatic N) is 1. The molecule has 0 aliphatic carbocycles. The van der Waals surface area contributed by atoms with E-state index in [1.54, 1.807) is 7.05 Å². The second-order valence-electron chi connectivity index (χ2n) is 5.25. The van der Waals surface area contributed by atoms with Crippen LogP contribution in [-0.4, -0.2) is 55.4 Å². The number of amides is 1. The van der Waals surface area contributed by atoms with E-state index in [-0.39, 0.29) is 11.9 Å². The molecule has 0 bridgehead atoms. The third kappa shape index (κ3) is 2.85. The fraction of sp³-hybridized carbons (Fsp3) is 0.533. The lowest BCUT2D eigenvalue weighted by Crippen LogP contribution is -2.54. The third-order valence-electron chi connectivity index (χ3n) is 3.94. The van der Waals surface area contributed by atoms with Crippen molar-refractivity contribution < 1.29 is 9.53 Å². The Balaban J connectivity index is 1.64. The summed E-state index contributed by atoms with van der Waals surface area (Å²) in [5.41, 5.74) is 1.44. The third-order valence-corrected chi connectivity index (χ3v) is 5.24. The molecule has 2 heterocycles. The summed E-state index contributed by atoms with van der Waals surface area (Å²) in [5, 5.41) is 3.28. The van der Waals surface area contributed by atoms with Crippen LogP contribution in [0.15, 0.2) is 29.2 Å². The number of fused-ring (bicyclic) bond motifs is 1. The van der Waals surface area contributed by atoms with Crippen LogP contribution < -0.4 is 5.32 Å². The van der Waals surface area contributed by atoms with Crippen LogP contribution in [-0.2, 0) is 16.0 Å². The van der Waals surface area contributed by atoms with Crippen molar-refractivity contribution in [2.75, 3.05) is 33.4 Å². The number of rotatable bonds is 3. The standard InChI is InChI=1S/C15H20N2O2S/c1-16-15(18)13-10-19-7-6-17(13)9-12-8-11-4-2-3-5-14(11)20-12/h2-5,12-13H,6-10H2,1H3,(H,16,18). The summed E-state index contributed by atoms with van der Waals surface area (Å²) < 4.78 is 5.45. The van der Waals surface area contributed by atoms with Crippen molar-refractivity contribution in [2.24, 2.45) is 0 Å². The lowest BCUT2D eigenvalue weighted by Gasteiger charge is -2.35. The number of hydrogen-bond donors (Lipinski definition) is 1. The van der Waals surface area contributed by atoms with Gasteiger partial charge in [0.2, 0.25) is 5.91 Å². The molecule has 1 saturated heterocycles. The molecule has 20 heavy (non-hydrogen) atoms. The van der Waals surface area contributed by atoms with Crippen molar-refractivity contribution in [3.05, 3.63) is 29.8 Å². The average Bonchev–Trinajstić information content (AvgIpc) is 2.89. The number of ether oxygens (including phenoxy) is 1. The van der Waals surface area contributed by atoms with Crippen LogP contribution in [0, 0.1) is 0 Å². The Morgan fingerprint density at radius 3 is 3.15 bits per heavy atom. The van der Waals surface area contributed by atoms with Gasteiger partial charge in [0.25, 0.3) is 0 Å². The summed E-state index contributed by atoms with van der Waals surface area (Å²) in [7, 11) is 1.69. The lowest BCUT2D eigenvalue weighted by molar-refractivity contribution is -0.131. The van der Waals surface area contributed by atoms with E-state index in [2.05, 4.69) is 34.5 Å². The molecule has 2 aliphatic rings. The summed E-state index contributed by atoms with van der Waals surface area (Å²) in [6, 6.07) is 8.45. The number of carbonyl (C=O) groups excluding carboxylic acids is 1. The minimum atomic E-state index is -0.141. The molecule has 2 atom stereocenters. The molecule has 1 amide bonds. The fourth-order valence-electron chi connectivity index (χ4n) is 2.88. The average molecular weight is 292 g/mol. The molecule has 0 aromatic heterocycles. The Morgan fingerprint density at radius 2 is 2.35 bits per heavy atom. The van der Waals surface area contributed by atoms with Crippen LogP contribution in [0.3, 0.4) is 0 Å². The van der Waals surface area contributed by atoms with Gasteiger partial charge in [-0.1, -0.05) is 18.2 Å². The SMILES string of the molecule is CNC(=O)C1COCCN1CC1Cc2ccccc2S1. The molecule has 2 aliphatic heterocycles. The second kappa shape index (κ2) is 6.16. The monoisotopic (exact) mass is 292 g/mol. The Bertz CT molecular complexity index is 470. The quantitative estimate of drug-likeness (QED) is 0.907. The number of nitrogens with one attached hydrogen (secondary N) is 1. The maximum atomic E-state index is 11.9. The van der Waals surface area contributed by atoms with E-state index in [9.17, 15) is 4.79 Å². The van der Waals surface area contributed by atoms with E-state index >= 15 is 0 Å². The van der Waals surface area contributed by atoms with Gasteiger partial charge in [-0.25, -0.2) is 0 Å². The molecule has 0 saturated carbocycles. The van der Waals surface area contributed by atoms with Crippen molar-refractivity contribution in [1.82, 2.24) is 10.2 Å². The molecule has 4 nitrogen and oxygen atoms in total.